The van der Waals surface area contributed by atoms with Gasteiger partial charge in [-0.1, -0.05) is 39.0 Å². The van der Waals surface area contributed by atoms with Crippen molar-refractivity contribution in [3.8, 4) is 0 Å². The number of unbranched alkanes of at least 4 members (excludes halogenated alkanes) is 5. The van der Waals surface area contributed by atoms with E-state index in [0.29, 0.717) is 6.61 Å². The topological polar surface area (TPSA) is 32.8 Å². The summed E-state index contributed by atoms with van der Waals surface area (Å²) in [5.41, 5.74) is 0. The summed E-state index contributed by atoms with van der Waals surface area (Å²) >= 11 is 0. The molecule has 0 fully saturated rings. The van der Waals surface area contributed by atoms with Gasteiger partial charge in [-0.05, 0) is 33.5 Å². The molecule has 0 N–H and O–H groups in total. The van der Waals surface area contributed by atoms with E-state index in [9.17, 15) is 4.79 Å². The van der Waals surface area contributed by atoms with E-state index in [0.717, 1.165) is 32.4 Å². The molecule has 0 saturated heterocycles. The lowest BCUT2D eigenvalue weighted by molar-refractivity contribution is 0.108. The van der Waals surface area contributed by atoms with Gasteiger partial charge in [0.15, 0.2) is 0 Å². The molecule has 0 rings (SSSR count). The third kappa shape index (κ3) is 12.0. The SMILES string of the molecule is CCCCCCCCOC(=O)N(C)CCCN(C)C. The molecule has 0 heterocycles. The molecule has 0 radical (unpaired) electrons. The van der Waals surface area contributed by atoms with Crippen LogP contribution in [-0.4, -0.2) is 56.7 Å². The third-order valence-corrected chi connectivity index (χ3v) is 3.13. The first kappa shape index (κ1) is 18.2. The van der Waals surface area contributed by atoms with Crippen molar-refractivity contribution in [1.29, 1.82) is 0 Å². The number of hydrogen-bond acceptors (Lipinski definition) is 3. The van der Waals surface area contributed by atoms with Gasteiger partial charge in [-0.15, -0.1) is 0 Å². The van der Waals surface area contributed by atoms with Gasteiger partial charge < -0.3 is 14.5 Å². The van der Waals surface area contributed by atoms with Crippen LogP contribution in [0.3, 0.4) is 0 Å². The molecule has 1 amide bonds. The molecule has 0 aliphatic heterocycles. The fourth-order valence-corrected chi connectivity index (χ4v) is 1.87. The molecule has 0 unspecified atom stereocenters. The maximum atomic E-state index is 11.6. The van der Waals surface area contributed by atoms with Gasteiger partial charge in [0.25, 0.3) is 0 Å². The lowest BCUT2D eigenvalue weighted by Gasteiger charge is -2.18. The van der Waals surface area contributed by atoms with Gasteiger partial charge in [-0.25, -0.2) is 4.79 Å². The predicted octanol–water partition coefficient (Wildman–Crippen LogP) is 3.37. The van der Waals surface area contributed by atoms with E-state index in [2.05, 4.69) is 11.8 Å². The largest absolute Gasteiger partial charge is 0.449 e. The van der Waals surface area contributed by atoms with Gasteiger partial charge in [0.2, 0.25) is 0 Å². The molecular weight excluding hydrogens is 240 g/mol. The Morgan fingerprint density at radius 2 is 1.53 bits per heavy atom. The molecule has 0 spiro atoms. The van der Waals surface area contributed by atoms with Crippen molar-refractivity contribution in [2.45, 2.75) is 51.9 Å². The number of hydrogen-bond donors (Lipinski definition) is 0. The van der Waals surface area contributed by atoms with Crippen molar-refractivity contribution in [1.82, 2.24) is 9.80 Å². The summed E-state index contributed by atoms with van der Waals surface area (Å²) in [6.07, 6.45) is 8.08. The van der Waals surface area contributed by atoms with Crippen LogP contribution in [0.4, 0.5) is 4.79 Å². The van der Waals surface area contributed by atoms with E-state index in [4.69, 9.17) is 4.74 Å². The zero-order valence-corrected chi connectivity index (χ0v) is 13.3. The fourth-order valence-electron chi connectivity index (χ4n) is 1.87. The molecular formula is C15H32N2O2. The molecule has 114 valence electrons. The van der Waals surface area contributed by atoms with Crippen LogP contribution in [0.2, 0.25) is 0 Å². The zero-order chi connectivity index (χ0) is 14.5. The van der Waals surface area contributed by atoms with Crippen LogP contribution in [0.1, 0.15) is 51.9 Å². The Balaban J connectivity index is 3.41. The fraction of sp³-hybridized carbons (Fsp3) is 0.933. The summed E-state index contributed by atoms with van der Waals surface area (Å²) in [5.74, 6) is 0. The zero-order valence-electron chi connectivity index (χ0n) is 13.3. The highest BCUT2D eigenvalue weighted by Gasteiger charge is 2.08. The first-order chi connectivity index (χ1) is 9.07. The van der Waals surface area contributed by atoms with Crippen molar-refractivity contribution >= 4 is 6.09 Å². The molecule has 0 bridgehead atoms. The van der Waals surface area contributed by atoms with E-state index >= 15 is 0 Å². The van der Waals surface area contributed by atoms with E-state index < -0.39 is 0 Å². The second kappa shape index (κ2) is 12.3. The standard InChI is InChI=1S/C15H32N2O2/c1-5-6-7-8-9-10-14-19-15(18)17(4)13-11-12-16(2)3/h5-14H2,1-4H3. The molecule has 0 aliphatic carbocycles. The Labute approximate surface area is 119 Å². The van der Waals surface area contributed by atoms with Crippen LogP contribution in [0, 0.1) is 0 Å². The van der Waals surface area contributed by atoms with E-state index in [-0.39, 0.29) is 6.09 Å². The summed E-state index contributed by atoms with van der Waals surface area (Å²) in [4.78, 5) is 15.4. The average Bonchev–Trinajstić information content (AvgIpc) is 2.36. The Morgan fingerprint density at radius 1 is 0.895 bits per heavy atom. The summed E-state index contributed by atoms with van der Waals surface area (Å²) in [6, 6.07) is 0. The Morgan fingerprint density at radius 3 is 2.16 bits per heavy atom. The van der Waals surface area contributed by atoms with Crippen LogP contribution < -0.4 is 0 Å². The molecule has 0 aromatic heterocycles. The lowest BCUT2D eigenvalue weighted by Crippen LogP contribution is -2.30. The van der Waals surface area contributed by atoms with Gasteiger partial charge in [0, 0.05) is 13.6 Å². The molecule has 4 nitrogen and oxygen atoms in total. The van der Waals surface area contributed by atoms with Gasteiger partial charge in [-0.2, -0.15) is 0 Å². The van der Waals surface area contributed by atoms with Crippen LogP contribution in [0.5, 0.6) is 0 Å². The van der Waals surface area contributed by atoms with Gasteiger partial charge in [0.1, 0.15) is 0 Å². The first-order valence-electron chi connectivity index (χ1n) is 7.60. The number of amides is 1. The smallest absolute Gasteiger partial charge is 0.409 e. The lowest BCUT2D eigenvalue weighted by atomic mass is 10.1. The maximum Gasteiger partial charge on any atom is 0.409 e. The summed E-state index contributed by atoms with van der Waals surface area (Å²) in [7, 11) is 5.88. The molecule has 19 heavy (non-hydrogen) atoms. The predicted molar refractivity (Wildman–Crippen MR) is 80.5 cm³/mol. The number of carbonyl (C=O) groups excluding carboxylic acids is 1. The van der Waals surface area contributed by atoms with Gasteiger partial charge >= 0.3 is 6.09 Å². The molecule has 4 heteroatoms. The van der Waals surface area contributed by atoms with Crippen LogP contribution >= 0.6 is 0 Å². The second-order valence-corrected chi connectivity index (χ2v) is 5.46. The minimum Gasteiger partial charge on any atom is -0.449 e. The Bertz CT molecular complexity index is 220. The summed E-state index contributed by atoms with van der Waals surface area (Å²) in [5, 5.41) is 0. The Kier molecular flexibility index (Phi) is 11.8. The van der Waals surface area contributed by atoms with Crippen molar-refractivity contribution in [3.63, 3.8) is 0 Å². The van der Waals surface area contributed by atoms with Crippen molar-refractivity contribution < 1.29 is 9.53 Å². The highest BCUT2D eigenvalue weighted by molar-refractivity contribution is 5.67. The highest BCUT2D eigenvalue weighted by Crippen LogP contribution is 2.05. The quantitative estimate of drug-likeness (QED) is 0.541. The number of rotatable bonds is 11. The minimum absolute atomic E-state index is 0.188. The molecule has 0 aromatic rings. The monoisotopic (exact) mass is 272 g/mol. The number of ether oxygens (including phenoxy) is 1. The van der Waals surface area contributed by atoms with Crippen LogP contribution in [0.15, 0.2) is 0 Å². The molecule has 0 atom stereocenters. The van der Waals surface area contributed by atoms with E-state index in [1.54, 1.807) is 11.9 Å². The molecule has 0 saturated carbocycles. The highest BCUT2D eigenvalue weighted by atomic mass is 16.6. The van der Waals surface area contributed by atoms with E-state index in [1.807, 2.05) is 14.1 Å². The van der Waals surface area contributed by atoms with Crippen molar-refractivity contribution in [2.75, 3.05) is 40.8 Å². The summed E-state index contributed by atoms with van der Waals surface area (Å²) in [6.45, 7) is 4.53. The van der Waals surface area contributed by atoms with Crippen LogP contribution in [0.25, 0.3) is 0 Å². The average molecular weight is 272 g/mol. The normalized spacial score (nSPS) is 10.8. The minimum atomic E-state index is -0.188. The third-order valence-electron chi connectivity index (χ3n) is 3.13. The van der Waals surface area contributed by atoms with E-state index in [1.165, 1.54) is 25.7 Å². The maximum absolute atomic E-state index is 11.6. The van der Waals surface area contributed by atoms with Crippen molar-refractivity contribution in [3.05, 3.63) is 0 Å². The van der Waals surface area contributed by atoms with Crippen LogP contribution in [-0.2, 0) is 4.74 Å². The second-order valence-electron chi connectivity index (χ2n) is 5.46. The van der Waals surface area contributed by atoms with Gasteiger partial charge in [-0.3, -0.25) is 0 Å². The summed E-state index contributed by atoms with van der Waals surface area (Å²) < 4.78 is 5.24. The van der Waals surface area contributed by atoms with Crippen molar-refractivity contribution in [2.24, 2.45) is 0 Å². The molecule has 0 aliphatic rings. The molecule has 0 aromatic carbocycles. The Hall–Kier alpha value is -0.770. The number of carbonyl (C=O) groups is 1. The first-order valence-corrected chi connectivity index (χ1v) is 7.60. The van der Waals surface area contributed by atoms with Gasteiger partial charge in [0.05, 0.1) is 6.61 Å². The number of nitrogens with zero attached hydrogens (tertiary/aromatic N) is 2.